The molecule has 88 valence electrons. The lowest BCUT2D eigenvalue weighted by Gasteiger charge is -2.11. The fourth-order valence-corrected chi connectivity index (χ4v) is 2.23. The van der Waals surface area contributed by atoms with E-state index in [4.69, 9.17) is 5.11 Å². The van der Waals surface area contributed by atoms with E-state index in [1.165, 1.54) is 0 Å². The first-order valence-electron chi connectivity index (χ1n) is 5.32. The van der Waals surface area contributed by atoms with Crippen molar-refractivity contribution < 1.29 is 9.90 Å². The van der Waals surface area contributed by atoms with E-state index < -0.39 is 0 Å². The highest BCUT2D eigenvalue weighted by molar-refractivity contribution is 8.14. The van der Waals surface area contributed by atoms with E-state index in [1.54, 1.807) is 0 Å². The second-order valence-electron chi connectivity index (χ2n) is 3.29. The normalized spacial score (nSPS) is 10.2. The van der Waals surface area contributed by atoms with Gasteiger partial charge in [-0.1, -0.05) is 30.8 Å². The molecule has 0 bridgehead atoms. The number of carbonyl (C=O) groups is 1. The molecule has 0 fully saturated rings. The first kappa shape index (κ1) is 13.1. The molecule has 0 amide bonds. The third-order valence-electron chi connectivity index (χ3n) is 2.34. The molecular weight excluding hydrogens is 222 g/mol. The molecule has 1 aromatic carbocycles. The molecule has 0 saturated carbocycles. The Bertz CT molecular complexity index is 366. The number of carbonyl (C=O) groups excluding carboxylic acids is 1. The van der Waals surface area contributed by atoms with Gasteiger partial charge in [0.1, 0.15) is 0 Å². The van der Waals surface area contributed by atoms with Gasteiger partial charge in [0, 0.05) is 24.1 Å². The van der Waals surface area contributed by atoms with Crippen LogP contribution < -0.4 is 5.32 Å². The van der Waals surface area contributed by atoms with Crippen molar-refractivity contribution in [2.24, 2.45) is 0 Å². The van der Waals surface area contributed by atoms with Crippen molar-refractivity contribution in [1.29, 1.82) is 0 Å². The van der Waals surface area contributed by atoms with Crippen molar-refractivity contribution in [3.63, 3.8) is 0 Å². The maximum absolute atomic E-state index is 11.9. The summed E-state index contributed by atoms with van der Waals surface area (Å²) in [4.78, 5) is 11.9. The van der Waals surface area contributed by atoms with E-state index >= 15 is 0 Å². The molecule has 1 aromatic rings. The second kappa shape index (κ2) is 6.55. The minimum absolute atomic E-state index is 0.0306. The number of aliphatic hydroxyl groups is 1. The third kappa shape index (κ3) is 3.00. The van der Waals surface area contributed by atoms with Gasteiger partial charge in [0.15, 0.2) is 0 Å². The third-order valence-corrected chi connectivity index (χ3v) is 3.21. The fourth-order valence-electron chi connectivity index (χ4n) is 1.61. The summed E-state index contributed by atoms with van der Waals surface area (Å²) >= 11 is 1.16. The summed E-state index contributed by atoms with van der Waals surface area (Å²) in [5.41, 5.74) is 2.78. The first-order valence-corrected chi connectivity index (χ1v) is 6.30. The molecule has 0 saturated heterocycles. The van der Waals surface area contributed by atoms with Gasteiger partial charge in [0.25, 0.3) is 0 Å². The van der Waals surface area contributed by atoms with Crippen molar-refractivity contribution in [2.45, 2.75) is 13.3 Å². The van der Waals surface area contributed by atoms with Crippen molar-refractivity contribution in [2.75, 3.05) is 24.7 Å². The van der Waals surface area contributed by atoms with E-state index in [9.17, 15) is 4.79 Å². The Morgan fingerprint density at radius 2 is 2.25 bits per heavy atom. The zero-order valence-electron chi connectivity index (χ0n) is 9.62. The molecule has 0 heterocycles. The number of rotatable bonds is 5. The van der Waals surface area contributed by atoms with Gasteiger partial charge >= 0.3 is 0 Å². The zero-order valence-corrected chi connectivity index (χ0v) is 10.4. The maximum Gasteiger partial charge on any atom is 0.219 e. The van der Waals surface area contributed by atoms with E-state index in [0.29, 0.717) is 5.75 Å². The van der Waals surface area contributed by atoms with Crippen LogP contribution in [0.2, 0.25) is 0 Å². The average molecular weight is 239 g/mol. The van der Waals surface area contributed by atoms with E-state index in [1.807, 2.05) is 32.2 Å². The number of anilines is 1. The summed E-state index contributed by atoms with van der Waals surface area (Å²) in [6.07, 6.45) is 0.817. The molecule has 0 spiro atoms. The van der Waals surface area contributed by atoms with Gasteiger partial charge in [-0.2, -0.15) is 0 Å². The monoisotopic (exact) mass is 239 g/mol. The van der Waals surface area contributed by atoms with Crippen molar-refractivity contribution >= 4 is 22.6 Å². The van der Waals surface area contributed by atoms with Crippen LogP contribution >= 0.6 is 11.8 Å². The van der Waals surface area contributed by atoms with Gasteiger partial charge in [0.05, 0.1) is 6.61 Å². The van der Waals surface area contributed by atoms with Crippen LogP contribution in [-0.4, -0.2) is 29.6 Å². The summed E-state index contributed by atoms with van der Waals surface area (Å²) in [7, 11) is 1.85. The average Bonchev–Trinajstić information content (AvgIpc) is 2.34. The number of hydrogen-bond donors (Lipinski definition) is 2. The molecule has 0 unspecified atom stereocenters. The maximum atomic E-state index is 11.9. The van der Waals surface area contributed by atoms with Gasteiger partial charge in [-0.15, -0.1) is 0 Å². The molecule has 3 nitrogen and oxygen atoms in total. The van der Waals surface area contributed by atoms with Gasteiger partial charge in [0.2, 0.25) is 5.12 Å². The summed E-state index contributed by atoms with van der Waals surface area (Å²) in [5.74, 6) is 0.450. The lowest BCUT2D eigenvalue weighted by molar-refractivity contribution is 0.108. The zero-order chi connectivity index (χ0) is 12.0. The smallest absolute Gasteiger partial charge is 0.219 e. The van der Waals surface area contributed by atoms with Crippen LogP contribution in [0.1, 0.15) is 22.8 Å². The molecule has 16 heavy (non-hydrogen) atoms. The van der Waals surface area contributed by atoms with E-state index in [2.05, 4.69) is 5.32 Å². The highest BCUT2D eigenvalue weighted by Crippen LogP contribution is 2.24. The topological polar surface area (TPSA) is 49.3 Å². The van der Waals surface area contributed by atoms with Crippen LogP contribution in [0.4, 0.5) is 5.69 Å². The number of thioether (sulfide) groups is 1. The van der Waals surface area contributed by atoms with Crippen molar-refractivity contribution in [1.82, 2.24) is 0 Å². The molecule has 0 atom stereocenters. The predicted molar refractivity (Wildman–Crippen MR) is 69.2 cm³/mol. The Morgan fingerprint density at radius 1 is 1.50 bits per heavy atom. The molecule has 4 heteroatoms. The first-order chi connectivity index (χ1) is 7.74. The highest BCUT2D eigenvalue weighted by Gasteiger charge is 2.13. The Morgan fingerprint density at radius 3 is 2.81 bits per heavy atom. The second-order valence-corrected chi connectivity index (χ2v) is 4.36. The molecular formula is C12H17NO2S. The molecule has 0 aliphatic rings. The van der Waals surface area contributed by atoms with Crippen LogP contribution in [0.25, 0.3) is 0 Å². The Kier molecular flexibility index (Phi) is 5.35. The summed E-state index contributed by atoms with van der Waals surface area (Å²) in [6, 6.07) is 5.68. The summed E-state index contributed by atoms with van der Waals surface area (Å²) in [5, 5.41) is 11.8. The molecule has 0 aliphatic heterocycles. The number of benzene rings is 1. The van der Waals surface area contributed by atoms with Crippen LogP contribution in [0.3, 0.4) is 0 Å². The van der Waals surface area contributed by atoms with Crippen molar-refractivity contribution in [3.05, 3.63) is 29.3 Å². The number of nitrogens with one attached hydrogen (secondary N) is 1. The standard InChI is InChI=1S/C12H17NO2S/c1-3-9-10(12(15)16-8-7-14)5-4-6-11(9)13-2/h4-6,13-14H,3,7-8H2,1-2H3. The van der Waals surface area contributed by atoms with Gasteiger partial charge < -0.3 is 10.4 Å². The Hall–Kier alpha value is -1.00. The molecule has 2 N–H and O–H groups in total. The molecule has 1 rings (SSSR count). The van der Waals surface area contributed by atoms with Gasteiger partial charge in [-0.05, 0) is 18.1 Å². The minimum atomic E-state index is 0.0306. The molecule has 0 aliphatic carbocycles. The van der Waals surface area contributed by atoms with Crippen LogP contribution in [0, 0.1) is 0 Å². The summed E-state index contributed by atoms with van der Waals surface area (Å²) < 4.78 is 0. The number of aliphatic hydroxyl groups excluding tert-OH is 1. The van der Waals surface area contributed by atoms with E-state index in [-0.39, 0.29) is 11.7 Å². The van der Waals surface area contributed by atoms with Gasteiger partial charge in [-0.25, -0.2) is 0 Å². The van der Waals surface area contributed by atoms with E-state index in [0.717, 1.165) is 35.0 Å². The molecule has 0 radical (unpaired) electrons. The highest BCUT2D eigenvalue weighted by atomic mass is 32.2. The minimum Gasteiger partial charge on any atom is -0.396 e. The lowest BCUT2D eigenvalue weighted by atomic mass is 10.0. The Labute approximate surface area is 100 Å². The predicted octanol–water partition coefficient (Wildman–Crippen LogP) is 2.16. The van der Waals surface area contributed by atoms with Crippen LogP contribution in [0.15, 0.2) is 18.2 Å². The largest absolute Gasteiger partial charge is 0.396 e. The Balaban J connectivity index is 2.98. The SMILES string of the molecule is CCc1c(NC)cccc1C(=O)SCCO. The quantitative estimate of drug-likeness (QED) is 0.826. The summed E-state index contributed by atoms with van der Waals surface area (Å²) in [6.45, 7) is 2.06. The lowest BCUT2D eigenvalue weighted by Crippen LogP contribution is -2.04. The van der Waals surface area contributed by atoms with Crippen LogP contribution in [0.5, 0.6) is 0 Å². The molecule has 0 aromatic heterocycles. The number of hydrogen-bond acceptors (Lipinski definition) is 4. The van der Waals surface area contributed by atoms with Gasteiger partial charge in [-0.3, -0.25) is 4.79 Å². The fraction of sp³-hybridized carbons (Fsp3) is 0.417. The van der Waals surface area contributed by atoms with Crippen molar-refractivity contribution in [3.8, 4) is 0 Å². The van der Waals surface area contributed by atoms with Crippen LogP contribution in [-0.2, 0) is 6.42 Å².